The van der Waals surface area contributed by atoms with Crippen molar-refractivity contribution < 1.29 is 0 Å². The molecule has 9 aromatic carbocycles. The maximum atomic E-state index is 2.42. The Bertz CT molecular complexity index is 2970. The second-order valence-corrected chi connectivity index (χ2v) is 15.0. The molecular weight excluding hydrogens is 665 g/mol. The van der Waals surface area contributed by atoms with Gasteiger partial charge in [-0.15, -0.1) is 0 Å². The number of para-hydroxylation sites is 1. The highest BCUT2D eigenvalue weighted by atomic mass is 15.1. The van der Waals surface area contributed by atoms with Gasteiger partial charge < -0.3 is 9.47 Å². The van der Waals surface area contributed by atoms with E-state index >= 15 is 0 Å². The summed E-state index contributed by atoms with van der Waals surface area (Å²) < 4.78 is 2.42. The lowest BCUT2D eigenvalue weighted by Crippen LogP contribution is -2.19. The number of benzene rings is 9. The van der Waals surface area contributed by atoms with Gasteiger partial charge in [0.25, 0.3) is 0 Å². The molecule has 0 aliphatic carbocycles. The highest BCUT2D eigenvalue weighted by molar-refractivity contribution is 6.21. The zero-order valence-corrected chi connectivity index (χ0v) is 31.0. The van der Waals surface area contributed by atoms with Crippen LogP contribution in [0.4, 0.5) is 17.1 Å². The summed E-state index contributed by atoms with van der Waals surface area (Å²) in [4.78, 5) is 2.39. The molecule has 10 rings (SSSR count). The van der Waals surface area contributed by atoms with Crippen LogP contribution in [0.25, 0.3) is 60.2 Å². The summed E-state index contributed by atoms with van der Waals surface area (Å²) in [6.07, 6.45) is 0. The van der Waals surface area contributed by atoms with Gasteiger partial charge in [-0.25, -0.2) is 0 Å². The van der Waals surface area contributed by atoms with Crippen molar-refractivity contribution in [3.8, 4) is 16.8 Å². The Balaban J connectivity index is 1.14. The maximum Gasteiger partial charge on any atom is 0.0562 e. The molecule has 55 heavy (non-hydrogen) atoms. The molecular formula is C53H40N2. The second-order valence-electron chi connectivity index (χ2n) is 15.0. The predicted molar refractivity (Wildman–Crippen MR) is 234 cm³/mol. The molecule has 262 valence electrons. The molecule has 10 aromatic rings. The molecule has 2 heteroatoms. The molecule has 0 atom stereocenters. The average Bonchev–Trinajstić information content (AvgIpc) is 3.59. The lowest BCUT2D eigenvalue weighted by atomic mass is 9.77. The van der Waals surface area contributed by atoms with Crippen molar-refractivity contribution in [1.29, 1.82) is 0 Å². The number of aromatic nitrogens is 1. The third-order valence-electron chi connectivity index (χ3n) is 11.5. The lowest BCUT2D eigenvalue weighted by molar-refractivity contribution is 0.642. The maximum absolute atomic E-state index is 2.42. The van der Waals surface area contributed by atoms with Crippen LogP contribution >= 0.6 is 0 Å². The number of hydrogen-bond donors (Lipinski definition) is 0. The van der Waals surface area contributed by atoms with E-state index in [2.05, 4.69) is 230 Å². The Hall–Kier alpha value is -6.90. The molecule has 1 aromatic heterocycles. The summed E-state index contributed by atoms with van der Waals surface area (Å²) >= 11 is 0. The van der Waals surface area contributed by atoms with Crippen molar-refractivity contribution in [2.45, 2.75) is 19.3 Å². The van der Waals surface area contributed by atoms with Gasteiger partial charge in [0.2, 0.25) is 0 Å². The number of hydrogen-bond acceptors (Lipinski definition) is 1. The minimum absolute atomic E-state index is 0.178. The molecule has 0 aliphatic heterocycles. The van der Waals surface area contributed by atoms with Crippen molar-refractivity contribution in [2.75, 3.05) is 4.90 Å². The lowest BCUT2D eigenvalue weighted by Gasteiger charge is -2.29. The van der Waals surface area contributed by atoms with E-state index in [9.17, 15) is 0 Å². The summed E-state index contributed by atoms with van der Waals surface area (Å²) in [7, 11) is 0. The first-order valence-electron chi connectivity index (χ1n) is 19.1. The van der Waals surface area contributed by atoms with Crippen molar-refractivity contribution in [1.82, 2.24) is 4.57 Å². The molecule has 0 bridgehead atoms. The van der Waals surface area contributed by atoms with Crippen LogP contribution in [-0.4, -0.2) is 4.57 Å². The van der Waals surface area contributed by atoms with Gasteiger partial charge in [-0.2, -0.15) is 0 Å². The quantitative estimate of drug-likeness (QED) is 0.160. The van der Waals surface area contributed by atoms with Crippen LogP contribution in [0.5, 0.6) is 0 Å². The van der Waals surface area contributed by atoms with Crippen LogP contribution in [0.3, 0.4) is 0 Å². The topological polar surface area (TPSA) is 8.17 Å². The fourth-order valence-corrected chi connectivity index (χ4v) is 8.42. The van der Waals surface area contributed by atoms with Crippen LogP contribution in [0.2, 0.25) is 0 Å². The number of rotatable bonds is 7. The van der Waals surface area contributed by atoms with Gasteiger partial charge in [-0.3, -0.25) is 0 Å². The number of anilines is 3. The van der Waals surface area contributed by atoms with Crippen molar-refractivity contribution in [3.05, 3.63) is 217 Å². The fourth-order valence-electron chi connectivity index (χ4n) is 8.42. The third kappa shape index (κ3) is 5.66. The molecule has 2 nitrogen and oxygen atoms in total. The number of fused-ring (bicyclic) bond motifs is 6. The monoisotopic (exact) mass is 704 g/mol. The molecule has 1 heterocycles. The van der Waals surface area contributed by atoms with Gasteiger partial charge in [0.15, 0.2) is 0 Å². The van der Waals surface area contributed by atoms with Crippen molar-refractivity contribution in [3.63, 3.8) is 0 Å². The average molecular weight is 705 g/mol. The van der Waals surface area contributed by atoms with Crippen LogP contribution in [0, 0.1) is 0 Å². The highest BCUT2D eigenvalue weighted by Crippen LogP contribution is 2.43. The van der Waals surface area contributed by atoms with Gasteiger partial charge in [0.1, 0.15) is 0 Å². The Morgan fingerprint density at radius 2 is 0.945 bits per heavy atom. The molecule has 0 radical (unpaired) electrons. The van der Waals surface area contributed by atoms with Gasteiger partial charge in [0.05, 0.1) is 11.0 Å². The van der Waals surface area contributed by atoms with E-state index in [0.717, 1.165) is 22.7 Å². The first kappa shape index (κ1) is 32.7. The Labute approximate surface area is 322 Å². The highest BCUT2D eigenvalue weighted by Gasteiger charge is 2.25. The molecule has 0 amide bonds. The Morgan fingerprint density at radius 1 is 0.382 bits per heavy atom. The zero-order chi connectivity index (χ0) is 36.9. The van der Waals surface area contributed by atoms with Crippen molar-refractivity contribution >= 4 is 60.4 Å². The molecule has 0 aliphatic rings. The van der Waals surface area contributed by atoms with Crippen LogP contribution in [-0.2, 0) is 5.41 Å². The summed E-state index contributed by atoms with van der Waals surface area (Å²) in [6.45, 7) is 4.65. The molecule has 0 saturated carbocycles. The van der Waals surface area contributed by atoms with Gasteiger partial charge >= 0.3 is 0 Å². The normalized spacial score (nSPS) is 11.8. The van der Waals surface area contributed by atoms with E-state index in [-0.39, 0.29) is 5.41 Å². The van der Waals surface area contributed by atoms with E-state index in [1.54, 1.807) is 0 Å². The predicted octanol–water partition coefficient (Wildman–Crippen LogP) is 14.6. The summed E-state index contributed by atoms with van der Waals surface area (Å²) in [5, 5.41) is 7.58. The van der Waals surface area contributed by atoms with E-state index in [4.69, 9.17) is 0 Å². The first-order chi connectivity index (χ1) is 27.0. The molecule has 0 spiro atoms. The molecule has 0 unspecified atom stereocenters. The largest absolute Gasteiger partial charge is 0.310 e. The minimum Gasteiger partial charge on any atom is -0.310 e. The Kier molecular flexibility index (Phi) is 7.85. The third-order valence-corrected chi connectivity index (χ3v) is 11.5. The van der Waals surface area contributed by atoms with E-state index in [1.165, 1.54) is 65.6 Å². The van der Waals surface area contributed by atoms with Gasteiger partial charge in [-0.05, 0) is 98.4 Å². The van der Waals surface area contributed by atoms with E-state index in [0.29, 0.717) is 0 Å². The standard InChI is InChI=1S/C53H40N2/c1-53(2,43-25-21-38-15-9-10-17-41(38)35-43)42-26-30-46(31-27-42)54(45-28-22-39(23-29-45)37-13-5-3-6-14-37)47-32-33-49-51(36-47)55(44-18-7-4-8-19-44)50-34-24-40-16-11-12-20-48(40)52(49)50/h3-36H,1-2H3. The van der Waals surface area contributed by atoms with E-state index in [1.807, 2.05) is 0 Å². The van der Waals surface area contributed by atoms with Crippen LogP contribution < -0.4 is 4.90 Å². The summed E-state index contributed by atoms with van der Waals surface area (Å²) in [6, 6.07) is 75.2. The first-order valence-corrected chi connectivity index (χ1v) is 19.1. The van der Waals surface area contributed by atoms with Crippen LogP contribution in [0.15, 0.2) is 206 Å². The van der Waals surface area contributed by atoms with Gasteiger partial charge in [0, 0.05) is 38.9 Å². The molecule has 0 fully saturated rings. The summed E-state index contributed by atoms with van der Waals surface area (Å²) in [5.74, 6) is 0. The fraction of sp³-hybridized carbons (Fsp3) is 0.0566. The molecule has 0 N–H and O–H groups in total. The SMILES string of the molecule is CC(C)(c1ccc(N(c2ccc(-c3ccccc3)cc2)c2ccc3c4c5ccccc5ccc4n(-c4ccccc4)c3c2)cc1)c1ccc2ccccc2c1. The number of nitrogens with zero attached hydrogens (tertiary/aromatic N) is 2. The Morgan fingerprint density at radius 3 is 1.69 bits per heavy atom. The smallest absolute Gasteiger partial charge is 0.0562 e. The second kappa shape index (κ2) is 13.2. The van der Waals surface area contributed by atoms with Crippen molar-refractivity contribution in [2.24, 2.45) is 0 Å². The summed E-state index contributed by atoms with van der Waals surface area (Å²) in [5.41, 5.74) is 11.7. The molecule has 0 saturated heterocycles. The van der Waals surface area contributed by atoms with Gasteiger partial charge in [-0.1, -0.05) is 166 Å². The van der Waals surface area contributed by atoms with Crippen LogP contribution in [0.1, 0.15) is 25.0 Å². The zero-order valence-electron chi connectivity index (χ0n) is 31.0. The minimum atomic E-state index is -0.178. The van der Waals surface area contributed by atoms with E-state index < -0.39 is 0 Å².